The van der Waals surface area contributed by atoms with E-state index in [2.05, 4.69) is 25.5 Å². The SMILES string of the molecule is CCC(CC)(C1CCN(c2ccc(Nc3nc(Nc4ccccc4OC)ncc3C(F)(F)F)c3c2CN(C)C3=O)CC1)P(=O)(O)O. The van der Waals surface area contributed by atoms with Gasteiger partial charge in [0.15, 0.2) is 0 Å². The molecule has 2 aromatic carbocycles. The number of aromatic nitrogens is 2. The van der Waals surface area contributed by atoms with Crippen LogP contribution >= 0.6 is 7.60 Å². The van der Waals surface area contributed by atoms with E-state index in [1.165, 1.54) is 12.0 Å². The molecule has 2 aliphatic rings. The third-order valence-corrected chi connectivity index (χ3v) is 11.5. The molecule has 46 heavy (non-hydrogen) atoms. The number of methoxy groups -OCH3 is 1. The molecule has 3 heterocycles. The van der Waals surface area contributed by atoms with Crippen LogP contribution in [0.5, 0.6) is 5.75 Å². The molecule has 0 atom stereocenters. The summed E-state index contributed by atoms with van der Waals surface area (Å²) in [6, 6.07) is 10.2. The van der Waals surface area contributed by atoms with E-state index in [1.54, 1.807) is 43.4 Å². The van der Waals surface area contributed by atoms with E-state index in [4.69, 9.17) is 4.74 Å². The number of ether oxygens (including phenoxy) is 1. The first kappa shape index (κ1) is 33.5. The fourth-order valence-electron chi connectivity index (χ4n) is 6.82. The zero-order valence-corrected chi connectivity index (χ0v) is 27.0. The second-order valence-electron chi connectivity index (χ2n) is 11.7. The third-order valence-electron chi connectivity index (χ3n) is 9.34. The van der Waals surface area contributed by atoms with E-state index < -0.39 is 30.3 Å². The number of carbonyl (C=O) groups excluding carboxylic acids is 1. The van der Waals surface area contributed by atoms with E-state index in [0.717, 1.165) is 5.69 Å². The lowest BCUT2D eigenvalue weighted by molar-refractivity contribution is -0.137. The van der Waals surface area contributed by atoms with Crippen molar-refractivity contribution < 1.29 is 37.1 Å². The Morgan fingerprint density at radius 1 is 1.04 bits per heavy atom. The molecule has 1 saturated heterocycles. The number of nitrogens with zero attached hydrogens (tertiary/aromatic N) is 4. The van der Waals surface area contributed by atoms with Crippen LogP contribution in [0.1, 0.15) is 61.0 Å². The van der Waals surface area contributed by atoms with Crippen LogP contribution in [0.3, 0.4) is 0 Å². The Hall–Kier alpha value is -3.87. The number of hydrogen-bond acceptors (Lipinski definition) is 8. The van der Waals surface area contributed by atoms with Gasteiger partial charge in [-0.2, -0.15) is 18.2 Å². The first-order chi connectivity index (χ1) is 21.7. The minimum Gasteiger partial charge on any atom is -0.495 e. The van der Waals surface area contributed by atoms with Gasteiger partial charge in [0.2, 0.25) is 5.95 Å². The van der Waals surface area contributed by atoms with Gasteiger partial charge in [-0.25, -0.2) is 4.98 Å². The van der Waals surface area contributed by atoms with Crippen molar-refractivity contribution in [2.75, 3.05) is 42.8 Å². The lowest BCUT2D eigenvalue weighted by Crippen LogP contribution is -2.44. The second kappa shape index (κ2) is 12.7. The monoisotopic (exact) mass is 662 g/mol. The minimum atomic E-state index is -4.78. The first-order valence-corrected chi connectivity index (χ1v) is 16.7. The van der Waals surface area contributed by atoms with Gasteiger partial charge in [0.05, 0.1) is 29.2 Å². The topological polar surface area (TPSA) is 140 Å². The molecule has 248 valence electrons. The fraction of sp³-hybridized carbons (Fsp3) is 0.452. The van der Waals surface area contributed by atoms with Crippen molar-refractivity contribution in [3.63, 3.8) is 0 Å². The molecule has 1 amide bonds. The van der Waals surface area contributed by atoms with Crippen LogP contribution in [0.25, 0.3) is 0 Å². The number of fused-ring (bicyclic) bond motifs is 1. The number of nitrogens with one attached hydrogen (secondary N) is 2. The molecule has 0 radical (unpaired) electrons. The normalized spacial score (nSPS) is 16.1. The Balaban J connectivity index is 1.47. The maximum atomic E-state index is 14.1. The summed E-state index contributed by atoms with van der Waals surface area (Å²) < 4.78 is 60.2. The molecule has 15 heteroatoms. The van der Waals surface area contributed by atoms with Gasteiger partial charge in [0, 0.05) is 44.1 Å². The summed E-state index contributed by atoms with van der Waals surface area (Å²) in [6.45, 7) is 4.92. The zero-order valence-electron chi connectivity index (χ0n) is 26.1. The summed E-state index contributed by atoms with van der Waals surface area (Å²) >= 11 is 0. The number of anilines is 5. The number of carbonyl (C=O) groups is 1. The molecule has 1 aromatic heterocycles. The summed E-state index contributed by atoms with van der Waals surface area (Å²) in [6.07, 6.45) is -2.24. The van der Waals surface area contributed by atoms with Crippen LogP contribution < -0.4 is 20.3 Å². The molecule has 0 aliphatic carbocycles. The van der Waals surface area contributed by atoms with E-state index >= 15 is 0 Å². The molecule has 2 aliphatic heterocycles. The predicted octanol–water partition coefficient (Wildman–Crippen LogP) is 6.53. The highest BCUT2D eigenvalue weighted by molar-refractivity contribution is 7.53. The quantitative estimate of drug-likeness (QED) is 0.177. The Morgan fingerprint density at radius 2 is 1.72 bits per heavy atom. The van der Waals surface area contributed by atoms with E-state index in [1.807, 2.05) is 13.8 Å². The molecule has 0 bridgehead atoms. The predicted molar refractivity (Wildman–Crippen MR) is 169 cm³/mol. The van der Waals surface area contributed by atoms with Crippen molar-refractivity contribution in [1.82, 2.24) is 14.9 Å². The molecule has 1 fully saturated rings. The number of halogens is 3. The number of amides is 1. The van der Waals surface area contributed by atoms with Crippen LogP contribution in [-0.4, -0.2) is 63.0 Å². The van der Waals surface area contributed by atoms with E-state index in [-0.39, 0.29) is 35.6 Å². The lowest BCUT2D eigenvalue weighted by Gasteiger charge is -2.45. The molecule has 5 rings (SSSR count). The summed E-state index contributed by atoms with van der Waals surface area (Å²) in [5, 5.41) is 4.59. The summed E-state index contributed by atoms with van der Waals surface area (Å²) in [4.78, 5) is 45.5. The highest BCUT2D eigenvalue weighted by atomic mass is 31.2. The van der Waals surface area contributed by atoms with Crippen molar-refractivity contribution in [2.45, 2.75) is 57.4 Å². The molecular formula is C31H38F3N6O5P. The van der Waals surface area contributed by atoms with E-state index in [9.17, 15) is 32.3 Å². The highest BCUT2D eigenvalue weighted by Crippen LogP contribution is 2.60. The number of hydrogen-bond donors (Lipinski definition) is 4. The fourth-order valence-corrected chi connectivity index (χ4v) is 8.37. The third kappa shape index (κ3) is 6.13. The first-order valence-electron chi connectivity index (χ1n) is 15.1. The maximum absolute atomic E-state index is 14.1. The number of rotatable bonds is 10. The molecule has 0 spiro atoms. The smallest absolute Gasteiger partial charge is 0.421 e. The van der Waals surface area contributed by atoms with Gasteiger partial charge in [-0.05, 0) is 55.9 Å². The van der Waals surface area contributed by atoms with Crippen LogP contribution in [0, 0.1) is 5.92 Å². The summed E-state index contributed by atoms with van der Waals surface area (Å²) in [5.74, 6) is -0.698. The Bertz CT molecular complexity index is 1650. The molecule has 11 nitrogen and oxygen atoms in total. The zero-order chi connectivity index (χ0) is 33.4. The molecule has 0 unspecified atom stereocenters. The number of piperidine rings is 1. The van der Waals surface area contributed by atoms with Crippen LogP contribution in [0.15, 0.2) is 42.6 Å². The van der Waals surface area contributed by atoms with Crippen molar-refractivity contribution in [3.8, 4) is 5.75 Å². The molecule has 0 saturated carbocycles. The van der Waals surface area contributed by atoms with Crippen molar-refractivity contribution >= 4 is 42.3 Å². The van der Waals surface area contributed by atoms with Crippen molar-refractivity contribution in [3.05, 3.63) is 59.3 Å². The Kier molecular flexibility index (Phi) is 9.27. The van der Waals surface area contributed by atoms with Crippen molar-refractivity contribution in [1.29, 1.82) is 0 Å². The lowest BCUT2D eigenvalue weighted by atomic mass is 9.80. The molecule has 3 aromatic rings. The minimum absolute atomic E-state index is 0.106. The molecular weight excluding hydrogens is 624 g/mol. The second-order valence-corrected chi connectivity index (χ2v) is 13.6. The Labute approximate surface area is 265 Å². The summed E-state index contributed by atoms with van der Waals surface area (Å²) in [7, 11) is -1.27. The van der Waals surface area contributed by atoms with E-state index in [0.29, 0.717) is 62.0 Å². The standard InChI is InChI=1S/C31H38F3N6O5P/c1-5-30(6-2,46(42,43)44)19-13-15-40(16-14-19)24-12-11-23(26-20(24)18-39(3)28(26)41)36-27-21(31(32,33)34)17-35-29(38-27)37-22-9-7-8-10-25(22)45-4/h7-12,17,19H,5-6,13-16,18H2,1-4H3,(H2,42,43,44)(H2,35,36,37,38). The van der Waals surface area contributed by atoms with Gasteiger partial charge in [-0.1, -0.05) is 26.0 Å². The van der Waals surface area contributed by atoms with Gasteiger partial charge >= 0.3 is 13.8 Å². The van der Waals surface area contributed by atoms with Gasteiger partial charge in [-0.15, -0.1) is 0 Å². The molecule has 4 N–H and O–H groups in total. The van der Waals surface area contributed by atoms with Gasteiger partial charge < -0.3 is 35.0 Å². The van der Waals surface area contributed by atoms with Crippen LogP contribution in [0.4, 0.5) is 42.0 Å². The largest absolute Gasteiger partial charge is 0.495 e. The number of para-hydroxylation sites is 2. The Morgan fingerprint density at radius 3 is 2.33 bits per heavy atom. The number of alkyl halides is 3. The summed E-state index contributed by atoms with van der Waals surface area (Å²) in [5.41, 5.74) is 1.21. The number of benzene rings is 2. The van der Waals surface area contributed by atoms with Crippen LogP contribution in [-0.2, 0) is 17.3 Å². The van der Waals surface area contributed by atoms with Crippen molar-refractivity contribution in [2.24, 2.45) is 5.92 Å². The van der Waals surface area contributed by atoms with Gasteiger partial charge in [-0.3, -0.25) is 9.36 Å². The highest BCUT2D eigenvalue weighted by Gasteiger charge is 2.50. The average molecular weight is 663 g/mol. The maximum Gasteiger partial charge on any atom is 0.421 e. The van der Waals surface area contributed by atoms with Crippen LogP contribution in [0.2, 0.25) is 0 Å². The van der Waals surface area contributed by atoms with Gasteiger partial charge in [0.25, 0.3) is 5.91 Å². The van der Waals surface area contributed by atoms with Gasteiger partial charge in [0.1, 0.15) is 17.1 Å². The average Bonchev–Trinajstić information content (AvgIpc) is 3.31.